The molecule has 3 rings (SSSR count). The van der Waals surface area contributed by atoms with Crippen LogP contribution in [0.2, 0.25) is 5.02 Å². The second-order valence-electron chi connectivity index (χ2n) is 5.31. The predicted molar refractivity (Wildman–Crippen MR) is 93.3 cm³/mol. The van der Waals surface area contributed by atoms with Gasteiger partial charge < -0.3 is 10.1 Å². The lowest BCUT2D eigenvalue weighted by atomic mass is 10.2. The van der Waals surface area contributed by atoms with Gasteiger partial charge in [-0.05, 0) is 29.8 Å². The zero-order chi connectivity index (χ0) is 17.6. The first-order valence-corrected chi connectivity index (χ1v) is 7.92. The predicted octanol–water partition coefficient (Wildman–Crippen LogP) is 3.74. The Morgan fingerprint density at radius 1 is 1.24 bits per heavy atom. The maximum absolute atomic E-state index is 13.1. The van der Waals surface area contributed by atoms with E-state index >= 15 is 0 Å². The summed E-state index contributed by atoms with van der Waals surface area (Å²) in [7, 11) is 0. The van der Waals surface area contributed by atoms with Crippen molar-refractivity contribution in [2.75, 3.05) is 11.9 Å². The Hall–Kier alpha value is -2.86. The highest BCUT2D eigenvalue weighted by molar-refractivity contribution is 6.31. The van der Waals surface area contributed by atoms with E-state index in [1.54, 1.807) is 29.1 Å². The van der Waals surface area contributed by atoms with Crippen LogP contribution in [0.1, 0.15) is 5.56 Å². The molecule has 0 saturated carbocycles. The van der Waals surface area contributed by atoms with Gasteiger partial charge in [-0.1, -0.05) is 35.9 Å². The Labute approximate surface area is 149 Å². The quantitative estimate of drug-likeness (QED) is 0.729. The number of halogens is 2. The number of hydrogen-bond acceptors (Lipinski definition) is 3. The third kappa shape index (κ3) is 4.81. The van der Waals surface area contributed by atoms with E-state index in [4.69, 9.17) is 16.3 Å². The lowest BCUT2D eigenvalue weighted by Crippen LogP contribution is -2.19. The van der Waals surface area contributed by atoms with Crippen LogP contribution in [0.3, 0.4) is 0 Å². The number of para-hydroxylation sites is 1. The van der Waals surface area contributed by atoms with Crippen molar-refractivity contribution < 1.29 is 13.9 Å². The van der Waals surface area contributed by atoms with Gasteiger partial charge >= 0.3 is 0 Å². The van der Waals surface area contributed by atoms with Gasteiger partial charge in [0.1, 0.15) is 11.6 Å². The fourth-order valence-electron chi connectivity index (χ4n) is 2.20. The molecular weight excluding hydrogens is 345 g/mol. The van der Waals surface area contributed by atoms with E-state index in [1.807, 2.05) is 18.2 Å². The van der Waals surface area contributed by atoms with Gasteiger partial charge in [-0.3, -0.25) is 9.48 Å². The van der Waals surface area contributed by atoms with Gasteiger partial charge in [0.05, 0.1) is 18.4 Å². The number of anilines is 1. The van der Waals surface area contributed by atoms with Crippen molar-refractivity contribution in [2.45, 2.75) is 6.54 Å². The third-order valence-corrected chi connectivity index (χ3v) is 3.73. The highest BCUT2D eigenvalue weighted by Crippen LogP contribution is 2.18. The zero-order valence-corrected chi connectivity index (χ0v) is 13.9. The molecule has 0 atom stereocenters. The molecule has 7 heteroatoms. The zero-order valence-electron chi connectivity index (χ0n) is 13.2. The Kier molecular flexibility index (Phi) is 5.30. The summed E-state index contributed by atoms with van der Waals surface area (Å²) in [6.45, 7) is 0.272. The molecule has 5 nitrogen and oxygen atoms in total. The van der Waals surface area contributed by atoms with E-state index in [1.165, 1.54) is 18.3 Å². The number of aromatic nitrogens is 2. The number of carbonyl (C=O) groups excluding carboxylic acids is 1. The molecule has 25 heavy (non-hydrogen) atoms. The summed E-state index contributed by atoms with van der Waals surface area (Å²) >= 11 is 6.00. The first-order chi connectivity index (χ1) is 12.1. The molecule has 0 radical (unpaired) electrons. The Morgan fingerprint density at radius 2 is 2.04 bits per heavy atom. The van der Waals surface area contributed by atoms with Crippen LogP contribution in [0, 0.1) is 5.82 Å². The molecule has 0 spiro atoms. The van der Waals surface area contributed by atoms with Crippen molar-refractivity contribution >= 4 is 23.2 Å². The Bertz CT molecular complexity index is 868. The molecule has 3 aromatic rings. The standard InChI is InChI=1S/C18H15ClFN3O2/c19-17-8-14(20)7-6-13(17)10-23-11-15(9-21-23)22-18(24)12-25-16-4-2-1-3-5-16/h1-9,11H,10,12H2,(H,22,24). The molecule has 128 valence electrons. The molecule has 0 aliphatic carbocycles. The van der Waals surface area contributed by atoms with Gasteiger partial charge in [0, 0.05) is 11.2 Å². The Balaban J connectivity index is 1.55. The van der Waals surface area contributed by atoms with Crippen LogP contribution in [-0.4, -0.2) is 22.3 Å². The highest BCUT2D eigenvalue weighted by atomic mass is 35.5. The Morgan fingerprint density at radius 3 is 2.80 bits per heavy atom. The fourth-order valence-corrected chi connectivity index (χ4v) is 2.43. The minimum atomic E-state index is -0.388. The lowest BCUT2D eigenvalue weighted by molar-refractivity contribution is -0.118. The maximum atomic E-state index is 13.1. The van der Waals surface area contributed by atoms with Gasteiger partial charge in [0.2, 0.25) is 0 Å². The largest absolute Gasteiger partial charge is 0.484 e. The van der Waals surface area contributed by atoms with Crippen molar-refractivity contribution in [3.63, 3.8) is 0 Å². The fraction of sp³-hybridized carbons (Fsp3) is 0.111. The van der Waals surface area contributed by atoms with Crippen molar-refractivity contribution in [3.8, 4) is 5.75 Å². The van der Waals surface area contributed by atoms with Crippen molar-refractivity contribution in [1.82, 2.24) is 9.78 Å². The van der Waals surface area contributed by atoms with Crippen LogP contribution in [0.25, 0.3) is 0 Å². The van der Waals surface area contributed by atoms with E-state index in [0.717, 1.165) is 5.56 Å². The minimum absolute atomic E-state index is 0.0982. The molecule has 1 aromatic heterocycles. The molecule has 1 heterocycles. The van der Waals surface area contributed by atoms with Crippen molar-refractivity contribution in [2.24, 2.45) is 0 Å². The van der Waals surface area contributed by atoms with Gasteiger partial charge in [0.25, 0.3) is 5.91 Å². The number of nitrogens with one attached hydrogen (secondary N) is 1. The third-order valence-electron chi connectivity index (χ3n) is 3.38. The summed E-state index contributed by atoms with van der Waals surface area (Å²) in [6.07, 6.45) is 3.19. The molecule has 1 amide bonds. The van der Waals surface area contributed by atoms with Crippen molar-refractivity contribution in [1.29, 1.82) is 0 Å². The first kappa shape index (κ1) is 17.0. The van der Waals surface area contributed by atoms with E-state index in [2.05, 4.69) is 10.4 Å². The van der Waals surface area contributed by atoms with Gasteiger partial charge in [-0.2, -0.15) is 5.10 Å². The molecular formula is C18H15ClFN3O2. The number of amides is 1. The smallest absolute Gasteiger partial charge is 0.262 e. The normalized spacial score (nSPS) is 10.5. The SMILES string of the molecule is O=C(COc1ccccc1)Nc1cnn(Cc2ccc(F)cc2Cl)c1. The molecule has 0 saturated heterocycles. The number of hydrogen-bond donors (Lipinski definition) is 1. The minimum Gasteiger partial charge on any atom is -0.484 e. The number of carbonyl (C=O) groups is 1. The molecule has 0 aliphatic heterocycles. The summed E-state index contributed by atoms with van der Waals surface area (Å²) in [5.41, 5.74) is 1.27. The van der Waals surface area contributed by atoms with E-state index in [-0.39, 0.29) is 18.3 Å². The number of ether oxygens (including phenoxy) is 1. The molecule has 1 N–H and O–H groups in total. The second kappa shape index (κ2) is 7.81. The number of benzene rings is 2. The average molecular weight is 360 g/mol. The number of nitrogens with zero attached hydrogens (tertiary/aromatic N) is 2. The van der Waals surface area contributed by atoms with Crippen LogP contribution in [0.5, 0.6) is 5.75 Å². The summed E-state index contributed by atoms with van der Waals surface area (Å²) in [5.74, 6) is -0.0527. The number of rotatable bonds is 6. The molecule has 0 bridgehead atoms. The maximum Gasteiger partial charge on any atom is 0.262 e. The van der Waals surface area contributed by atoms with Crippen LogP contribution in [-0.2, 0) is 11.3 Å². The van der Waals surface area contributed by atoms with Gasteiger partial charge in [-0.25, -0.2) is 4.39 Å². The molecule has 0 fully saturated rings. The molecule has 2 aromatic carbocycles. The first-order valence-electron chi connectivity index (χ1n) is 7.54. The second-order valence-corrected chi connectivity index (χ2v) is 5.72. The van der Waals surface area contributed by atoms with Gasteiger partial charge in [-0.15, -0.1) is 0 Å². The molecule has 0 aliphatic rings. The monoisotopic (exact) mass is 359 g/mol. The van der Waals surface area contributed by atoms with Crippen LogP contribution < -0.4 is 10.1 Å². The van der Waals surface area contributed by atoms with Crippen LogP contribution in [0.15, 0.2) is 60.9 Å². The summed E-state index contributed by atoms with van der Waals surface area (Å²) in [4.78, 5) is 11.9. The van der Waals surface area contributed by atoms with E-state index in [0.29, 0.717) is 23.0 Å². The summed E-state index contributed by atoms with van der Waals surface area (Å²) in [5, 5.41) is 7.19. The van der Waals surface area contributed by atoms with E-state index < -0.39 is 0 Å². The topological polar surface area (TPSA) is 56.1 Å². The summed E-state index contributed by atoms with van der Waals surface area (Å²) in [6, 6.07) is 13.3. The lowest BCUT2D eigenvalue weighted by Gasteiger charge is -2.06. The molecule has 0 unspecified atom stereocenters. The summed E-state index contributed by atoms with van der Waals surface area (Å²) < 4.78 is 20.0. The van der Waals surface area contributed by atoms with Crippen LogP contribution >= 0.6 is 11.6 Å². The van der Waals surface area contributed by atoms with Crippen LogP contribution in [0.4, 0.5) is 10.1 Å². The van der Waals surface area contributed by atoms with Crippen molar-refractivity contribution in [3.05, 3.63) is 77.3 Å². The average Bonchev–Trinajstić information content (AvgIpc) is 3.03. The van der Waals surface area contributed by atoms with Gasteiger partial charge in [0.15, 0.2) is 6.61 Å². The van der Waals surface area contributed by atoms with E-state index in [9.17, 15) is 9.18 Å². The highest BCUT2D eigenvalue weighted by Gasteiger charge is 2.08.